The molecule has 6 heteroatoms. The summed E-state index contributed by atoms with van der Waals surface area (Å²) in [7, 11) is 0. The summed E-state index contributed by atoms with van der Waals surface area (Å²) in [6.07, 6.45) is 1.34. The van der Waals surface area contributed by atoms with Crippen LogP contribution in [0, 0.1) is 0 Å². The summed E-state index contributed by atoms with van der Waals surface area (Å²) in [5.41, 5.74) is 0. The van der Waals surface area contributed by atoms with Crippen molar-refractivity contribution in [2.24, 2.45) is 0 Å². The molecular formula is C8H13IN2O3. The molecule has 1 aliphatic heterocycles. The van der Waals surface area contributed by atoms with Crippen LogP contribution >= 0.6 is 22.9 Å². The number of carbonyl (C=O) groups excluding carboxylic acids is 1. The molecule has 0 spiro atoms. The Morgan fingerprint density at radius 3 is 2.79 bits per heavy atom. The molecule has 80 valence electrons. The lowest BCUT2D eigenvalue weighted by Crippen LogP contribution is -2.47. The molecule has 0 saturated carbocycles. The van der Waals surface area contributed by atoms with Gasteiger partial charge in [0.1, 0.15) is 6.04 Å². The molecule has 5 nitrogen and oxygen atoms in total. The Labute approximate surface area is 96.3 Å². The van der Waals surface area contributed by atoms with Gasteiger partial charge in [0, 0.05) is 29.4 Å². The number of carboxylic acids is 1. The fourth-order valence-electron chi connectivity index (χ4n) is 1.58. The van der Waals surface area contributed by atoms with E-state index >= 15 is 0 Å². The third-order valence-corrected chi connectivity index (χ3v) is 3.29. The molecule has 14 heavy (non-hydrogen) atoms. The van der Waals surface area contributed by atoms with Gasteiger partial charge in [0.25, 0.3) is 0 Å². The van der Waals surface area contributed by atoms with Crippen LogP contribution in [0.5, 0.6) is 0 Å². The Morgan fingerprint density at radius 2 is 2.29 bits per heavy atom. The highest BCUT2D eigenvalue weighted by Gasteiger charge is 2.35. The van der Waals surface area contributed by atoms with Crippen molar-refractivity contribution in [2.45, 2.75) is 31.8 Å². The van der Waals surface area contributed by atoms with Crippen LogP contribution in [0.25, 0.3) is 0 Å². The third-order valence-electron chi connectivity index (χ3n) is 2.36. The number of aliphatic carboxylic acids is 1. The van der Waals surface area contributed by atoms with Crippen molar-refractivity contribution in [3.05, 3.63) is 0 Å². The van der Waals surface area contributed by atoms with E-state index in [0.717, 1.165) is 6.42 Å². The zero-order chi connectivity index (χ0) is 10.7. The number of hydrogen-bond acceptors (Lipinski definition) is 3. The molecule has 1 aliphatic rings. The van der Waals surface area contributed by atoms with Crippen molar-refractivity contribution in [3.8, 4) is 0 Å². The van der Waals surface area contributed by atoms with Crippen LogP contribution < -0.4 is 3.53 Å². The van der Waals surface area contributed by atoms with E-state index in [-0.39, 0.29) is 11.9 Å². The van der Waals surface area contributed by atoms with Gasteiger partial charge in [-0.05, 0) is 19.8 Å². The monoisotopic (exact) mass is 312 g/mol. The predicted octanol–water partition coefficient (Wildman–Crippen LogP) is 0.390. The Morgan fingerprint density at radius 1 is 1.64 bits per heavy atom. The first-order valence-electron chi connectivity index (χ1n) is 4.47. The number of carbonyl (C=O) groups is 2. The average Bonchev–Trinajstić information content (AvgIpc) is 2.63. The molecule has 0 aromatic rings. The molecule has 2 N–H and O–H groups in total. The highest BCUT2D eigenvalue weighted by Crippen LogP contribution is 2.18. The summed E-state index contributed by atoms with van der Waals surface area (Å²) in [6, 6.07) is -0.953. The van der Waals surface area contributed by atoms with E-state index in [1.165, 1.54) is 4.90 Å². The lowest BCUT2D eigenvalue weighted by molar-refractivity contribution is -0.148. The van der Waals surface area contributed by atoms with Crippen LogP contribution in [-0.2, 0) is 9.59 Å². The minimum Gasteiger partial charge on any atom is -0.480 e. The molecule has 0 unspecified atom stereocenters. The fraction of sp³-hybridized carbons (Fsp3) is 0.750. The summed E-state index contributed by atoms with van der Waals surface area (Å²) in [6.45, 7) is 2.28. The van der Waals surface area contributed by atoms with E-state index in [1.807, 2.05) is 22.9 Å². The maximum atomic E-state index is 11.7. The highest BCUT2D eigenvalue weighted by molar-refractivity contribution is 14.1. The largest absolute Gasteiger partial charge is 0.480 e. The van der Waals surface area contributed by atoms with Crippen LogP contribution in [0.15, 0.2) is 0 Å². The first kappa shape index (κ1) is 11.7. The average molecular weight is 312 g/mol. The maximum absolute atomic E-state index is 11.7. The zero-order valence-electron chi connectivity index (χ0n) is 7.86. The topological polar surface area (TPSA) is 69.6 Å². The van der Waals surface area contributed by atoms with Crippen LogP contribution in [-0.4, -0.2) is 40.5 Å². The molecule has 1 saturated heterocycles. The van der Waals surface area contributed by atoms with Crippen LogP contribution in [0.2, 0.25) is 0 Å². The van der Waals surface area contributed by atoms with Gasteiger partial charge in [0.15, 0.2) is 0 Å². The van der Waals surface area contributed by atoms with Gasteiger partial charge in [-0.3, -0.25) is 4.79 Å². The second kappa shape index (κ2) is 4.92. The Bertz CT molecular complexity index is 247. The molecule has 1 amide bonds. The van der Waals surface area contributed by atoms with E-state index in [9.17, 15) is 9.59 Å². The van der Waals surface area contributed by atoms with Crippen molar-refractivity contribution in [1.82, 2.24) is 8.43 Å². The van der Waals surface area contributed by atoms with Gasteiger partial charge in [-0.25, -0.2) is 8.32 Å². The maximum Gasteiger partial charge on any atom is 0.326 e. The summed E-state index contributed by atoms with van der Waals surface area (Å²) in [5.74, 6) is -1.04. The van der Waals surface area contributed by atoms with Crippen molar-refractivity contribution >= 4 is 34.7 Å². The van der Waals surface area contributed by atoms with E-state index in [4.69, 9.17) is 5.11 Å². The summed E-state index contributed by atoms with van der Waals surface area (Å²) in [4.78, 5) is 23.9. The number of likely N-dealkylation sites (tertiary alicyclic amines) is 1. The summed E-state index contributed by atoms with van der Waals surface area (Å²) in [5, 5.41) is 8.87. The number of nitrogens with one attached hydrogen (secondary N) is 1. The minimum absolute atomic E-state index is 0.135. The van der Waals surface area contributed by atoms with Gasteiger partial charge >= 0.3 is 5.97 Å². The smallest absolute Gasteiger partial charge is 0.326 e. The molecule has 1 rings (SSSR count). The van der Waals surface area contributed by atoms with E-state index in [1.54, 1.807) is 6.92 Å². The van der Waals surface area contributed by atoms with Gasteiger partial charge in [0.2, 0.25) is 5.91 Å². The molecule has 1 heterocycles. The predicted molar refractivity (Wildman–Crippen MR) is 59.0 cm³/mol. The second-order valence-corrected chi connectivity index (χ2v) is 3.98. The second-order valence-electron chi connectivity index (χ2n) is 3.36. The van der Waals surface area contributed by atoms with Crippen LogP contribution in [0.4, 0.5) is 0 Å². The van der Waals surface area contributed by atoms with Gasteiger partial charge in [-0.15, -0.1) is 0 Å². The van der Waals surface area contributed by atoms with Crippen molar-refractivity contribution in [2.75, 3.05) is 6.54 Å². The third kappa shape index (κ3) is 2.35. The first-order valence-corrected chi connectivity index (χ1v) is 5.55. The lowest BCUT2D eigenvalue weighted by atomic mass is 10.2. The molecule has 0 aliphatic carbocycles. The molecular weight excluding hydrogens is 299 g/mol. The van der Waals surface area contributed by atoms with Gasteiger partial charge in [-0.1, -0.05) is 0 Å². The number of hydrogen-bond donors (Lipinski definition) is 2. The standard InChI is InChI=1S/C8H13IN2O3/c1-5(10-9)7(12)11-4-2-3-6(11)8(13)14/h5-6,10H,2-4H2,1H3,(H,13,14)/t5-,6-/m0/s1. The SMILES string of the molecule is C[C@H](NI)C(=O)N1CCC[C@H]1C(=O)O. The first-order chi connectivity index (χ1) is 6.57. The Balaban J connectivity index is 2.67. The highest BCUT2D eigenvalue weighted by atomic mass is 127. The number of amides is 1. The quantitative estimate of drug-likeness (QED) is 0.584. The van der Waals surface area contributed by atoms with Gasteiger partial charge < -0.3 is 10.0 Å². The molecule has 0 aromatic heterocycles. The fourth-order valence-corrected chi connectivity index (χ4v) is 1.85. The molecule has 2 atom stereocenters. The minimum atomic E-state index is -0.906. The molecule has 1 fully saturated rings. The Hall–Kier alpha value is -0.370. The molecule has 0 aromatic carbocycles. The van der Waals surface area contributed by atoms with E-state index in [0.29, 0.717) is 13.0 Å². The number of halogens is 1. The van der Waals surface area contributed by atoms with E-state index in [2.05, 4.69) is 3.53 Å². The van der Waals surface area contributed by atoms with Crippen molar-refractivity contribution < 1.29 is 14.7 Å². The van der Waals surface area contributed by atoms with Gasteiger partial charge in [0.05, 0.1) is 6.04 Å². The van der Waals surface area contributed by atoms with Crippen molar-refractivity contribution in [1.29, 1.82) is 0 Å². The lowest BCUT2D eigenvalue weighted by Gasteiger charge is -2.24. The van der Waals surface area contributed by atoms with Crippen LogP contribution in [0.3, 0.4) is 0 Å². The Kier molecular flexibility index (Phi) is 4.11. The normalized spacial score (nSPS) is 23.6. The summed E-state index contributed by atoms with van der Waals surface area (Å²) < 4.78 is 2.79. The molecule has 0 bridgehead atoms. The summed E-state index contributed by atoms with van der Waals surface area (Å²) >= 11 is 1.89. The molecule has 0 radical (unpaired) electrons. The number of nitrogens with zero attached hydrogens (tertiary/aromatic N) is 1. The van der Waals surface area contributed by atoms with Crippen LogP contribution in [0.1, 0.15) is 19.8 Å². The van der Waals surface area contributed by atoms with Gasteiger partial charge in [-0.2, -0.15) is 0 Å². The zero-order valence-corrected chi connectivity index (χ0v) is 10.0. The van der Waals surface area contributed by atoms with E-state index < -0.39 is 12.0 Å². The number of rotatable bonds is 3. The number of carboxylic acid groups (broad SMARTS) is 1. The van der Waals surface area contributed by atoms with Crippen molar-refractivity contribution in [3.63, 3.8) is 0 Å².